The maximum absolute atomic E-state index is 11.5. The van der Waals surface area contributed by atoms with Gasteiger partial charge in [-0.3, -0.25) is 4.79 Å². The fraction of sp³-hybridized carbons (Fsp3) is 0.833. The number of carboxylic acid groups (broad SMARTS) is 1. The maximum Gasteiger partial charge on any atom is 0.303 e. The Morgan fingerprint density at radius 1 is 1.20 bits per heavy atom. The first-order chi connectivity index (χ1) is 16.0. The summed E-state index contributed by atoms with van der Waals surface area (Å²) in [5.41, 5.74) is 1.37. The van der Waals surface area contributed by atoms with Gasteiger partial charge in [0.05, 0.1) is 11.7 Å². The zero-order chi connectivity index (χ0) is 26.6. The third-order valence-corrected chi connectivity index (χ3v) is 11.0. The molecule has 3 aliphatic rings. The van der Waals surface area contributed by atoms with Crippen molar-refractivity contribution >= 4 is 5.97 Å². The summed E-state index contributed by atoms with van der Waals surface area (Å²) < 4.78 is 0. The fourth-order valence-corrected chi connectivity index (χ4v) is 8.73. The van der Waals surface area contributed by atoms with Gasteiger partial charge in [-0.15, -0.1) is 0 Å². The molecular weight excluding hydrogens is 440 g/mol. The van der Waals surface area contributed by atoms with E-state index in [0.29, 0.717) is 30.6 Å². The lowest BCUT2D eigenvalue weighted by Gasteiger charge is -2.60. The first-order valence-electron chi connectivity index (χ1n) is 13.6. The van der Waals surface area contributed by atoms with Gasteiger partial charge in [0.1, 0.15) is 6.10 Å². The van der Waals surface area contributed by atoms with Crippen molar-refractivity contribution in [3.8, 4) is 0 Å². The lowest BCUT2D eigenvalue weighted by atomic mass is 9.44. The van der Waals surface area contributed by atoms with Crippen LogP contribution in [0, 0.1) is 39.9 Å². The van der Waals surface area contributed by atoms with Gasteiger partial charge in [-0.2, -0.15) is 0 Å². The second-order valence-electron chi connectivity index (χ2n) is 13.6. The zero-order valence-electron chi connectivity index (χ0n) is 23.1. The summed E-state index contributed by atoms with van der Waals surface area (Å²) in [5.74, 6) is 0.583. The van der Waals surface area contributed by atoms with Crippen LogP contribution in [-0.4, -0.2) is 44.2 Å². The van der Waals surface area contributed by atoms with Crippen molar-refractivity contribution in [2.75, 3.05) is 0 Å². The number of carboxylic acids is 1. The molecule has 3 rings (SSSR count). The highest BCUT2D eigenvalue weighted by Crippen LogP contribution is 2.72. The predicted molar refractivity (Wildman–Crippen MR) is 140 cm³/mol. The van der Waals surface area contributed by atoms with Gasteiger partial charge in [0.15, 0.2) is 0 Å². The van der Waals surface area contributed by atoms with Crippen LogP contribution in [0.1, 0.15) is 99.8 Å². The van der Waals surface area contributed by atoms with Gasteiger partial charge in [0.25, 0.3) is 0 Å². The molecule has 0 spiro atoms. The van der Waals surface area contributed by atoms with E-state index in [9.17, 15) is 25.2 Å². The molecule has 0 aliphatic heterocycles. The molecular formula is C30H50O5. The second-order valence-corrected chi connectivity index (χ2v) is 13.6. The number of rotatable bonds is 9. The number of hydrogen-bond acceptors (Lipinski definition) is 4. The van der Waals surface area contributed by atoms with Crippen molar-refractivity contribution in [1.29, 1.82) is 0 Å². The molecule has 2 saturated carbocycles. The standard InChI is InChI=1S/C30H50O5/c1-18(2)20-9-10-23-22(28(20,6)14-13-25(32)33)12-16-29(7)21(11-15-30(23,29)8)19(3)17-24(31)26(34)27(4,5)35/h10,19-22,24,26,31,34-35H,1,9,11-17H2,2-8H3,(H,32,33)/t19-,20-,21-,22-,24?,26?,28-,29-,30+/m0/s1. The number of hydrogen-bond donors (Lipinski definition) is 4. The largest absolute Gasteiger partial charge is 0.481 e. The molecule has 9 atom stereocenters. The monoisotopic (exact) mass is 490 g/mol. The molecule has 5 nitrogen and oxygen atoms in total. The average Bonchev–Trinajstić information content (AvgIpc) is 3.02. The zero-order valence-corrected chi connectivity index (χ0v) is 23.1. The molecule has 2 unspecified atom stereocenters. The predicted octanol–water partition coefficient (Wildman–Crippen LogP) is 5.73. The quantitative estimate of drug-likeness (QED) is 0.309. The van der Waals surface area contributed by atoms with Gasteiger partial charge in [-0.25, -0.2) is 0 Å². The lowest BCUT2D eigenvalue weighted by Crippen LogP contribution is -2.52. The Bertz CT molecular complexity index is 855. The third kappa shape index (κ3) is 4.78. The summed E-state index contributed by atoms with van der Waals surface area (Å²) in [6, 6.07) is 0. The summed E-state index contributed by atoms with van der Waals surface area (Å²) >= 11 is 0. The van der Waals surface area contributed by atoms with E-state index in [1.165, 1.54) is 19.4 Å². The van der Waals surface area contributed by atoms with Crippen molar-refractivity contribution in [2.24, 2.45) is 39.9 Å². The van der Waals surface area contributed by atoms with Gasteiger partial charge in [-0.1, -0.05) is 51.5 Å². The SMILES string of the molecule is C=C(C)[C@@H]1CC=C2[C@H](CC[C@@]3(C)[C@H]([C@@H](C)CC(O)C(O)C(C)(C)O)CC[C@]23C)[C@@]1(C)CCC(=O)O. The van der Waals surface area contributed by atoms with Gasteiger partial charge in [0.2, 0.25) is 0 Å². The normalized spacial score (nSPS) is 39.7. The Kier molecular flexibility index (Phi) is 7.80. The molecule has 2 fully saturated rings. The lowest BCUT2D eigenvalue weighted by molar-refractivity contribution is -0.138. The topological polar surface area (TPSA) is 98.0 Å². The second kappa shape index (κ2) is 9.61. The summed E-state index contributed by atoms with van der Waals surface area (Å²) in [6.07, 6.45) is 6.93. The first-order valence-corrected chi connectivity index (χ1v) is 13.6. The van der Waals surface area contributed by atoms with Crippen molar-refractivity contribution in [2.45, 2.75) is 118 Å². The van der Waals surface area contributed by atoms with E-state index >= 15 is 0 Å². The van der Waals surface area contributed by atoms with Crippen LogP contribution in [0.3, 0.4) is 0 Å². The highest BCUT2D eigenvalue weighted by atomic mass is 16.4. The van der Waals surface area contributed by atoms with Crippen LogP contribution in [0.25, 0.3) is 0 Å². The molecule has 200 valence electrons. The molecule has 0 aromatic heterocycles. The number of aliphatic hydroxyl groups excluding tert-OH is 2. The molecule has 0 aromatic carbocycles. The maximum atomic E-state index is 11.5. The smallest absolute Gasteiger partial charge is 0.303 e. The Morgan fingerprint density at radius 2 is 1.83 bits per heavy atom. The third-order valence-electron chi connectivity index (χ3n) is 11.0. The summed E-state index contributed by atoms with van der Waals surface area (Å²) in [5, 5.41) is 40.8. The van der Waals surface area contributed by atoms with Gasteiger partial charge in [-0.05, 0) is 106 Å². The summed E-state index contributed by atoms with van der Waals surface area (Å²) in [4.78, 5) is 11.5. The van der Waals surface area contributed by atoms with E-state index in [-0.39, 0.29) is 28.6 Å². The van der Waals surface area contributed by atoms with Crippen LogP contribution >= 0.6 is 0 Å². The van der Waals surface area contributed by atoms with Gasteiger partial charge >= 0.3 is 5.97 Å². The Labute approximate surface area is 212 Å². The highest BCUT2D eigenvalue weighted by Gasteiger charge is 2.63. The Morgan fingerprint density at radius 3 is 2.37 bits per heavy atom. The Hall–Kier alpha value is -1.17. The van der Waals surface area contributed by atoms with Crippen LogP contribution in [0.15, 0.2) is 23.8 Å². The molecule has 0 aromatic rings. The average molecular weight is 491 g/mol. The van der Waals surface area contributed by atoms with E-state index in [4.69, 9.17) is 0 Å². The van der Waals surface area contributed by atoms with Gasteiger partial charge in [0, 0.05) is 6.42 Å². The number of carbonyl (C=O) groups is 1. The van der Waals surface area contributed by atoms with Crippen LogP contribution in [0.5, 0.6) is 0 Å². The fourth-order valence-electron chi connectivity index (χ4n) is 8.73. The molecule has 0 radical (unpaired) electrons. The molecule has 5 heteroatoms. The summed E-state index contributed by atoms with van der Waals surface area (Å²) in [6.45, 7) is 18.8. The number of fused-ring (bicyclic) bond motifs is 3. The van der Waals surface area contributed by atoms with Crippen LogP contribution in [0.4, 0.5) is 0 Å². The van der Waals surface area contributed by atoms with E-state index in [1.54, 1.807) is 0 Å². The van der Waals surface area contributed by atoms with E-state index in [0.717, 1.165) is 37.7 Å². The minimum Gasteiger partial charge on any atom is -0.481 e. The van der Waals surface area contributed by atoms with E-state index in [1.807, 2.05) is 0 Å². The van der Waals surface area contributed by atoms with Crippen LogP contribution in [-0.2, 0) is 4.79 Å². The van der Waals surface area contributed by atoms with Gasteiger partial charge < -0.3 is 20.4 Å². The van der Waals surface area contributed by atoms with Crippen LogP contribution in [0.2, 0.25) is 0 Å². The molecule has 0 amide bonds. The molecule has 0 bridgehead atoms. The van der Waals surface area contributed by atoms with Crippen LogP contribution < -0.4 is 0 Å². The number of aliphatic hydroxyl groups is 3. The molecule has 0 heterocycles. The molecule has 4 N–H and O–H groups in total. The van der Waals surface area contributed by atoms with Crippen molar-refractivity contribution in [3.05, 3.63) is 23.8 Å². The van der Waals surface area contributed by atoms with Crippen molar-refractivity contribution in [1.82, 2.24) is 0 Å². The first kappa shape index (κ1) is 28.4. The molecule has 0 saturated heterocycles. The molecule has 3 aliphatic carbocycles. The van der Waals surface area contributed by atoms with Crippen molar-refractivity contribution < 1.29 is 25.2 Å². The number of allylic oxidation sites excluding steroid dienone is 3. The van der Waals surface area contributed by atoms with Crippen molar-refractivity contribution in [3.63, 3.8) is 0 Å². The number of aliphatic carboxylic acids is 1. The highest BCUT2D eigenvalue weighted by molar-refractivity contribution is 5.66. The minimum absolute atomic E-state index is 0.0409. The summed E-state index contributed by atoms with van der Waals surface area (Å²) in [7, 11) is 0. The molecule has 35 heavy (non-hydrogen) atoms. The minimum atomic E-state index is -1.33. The van der Waals surface area contributed by atoms with E-state index in [2.05, 4.69) is 47.3 Å². The van der Waals surface area contributed by atoms with E-state index < -0.39 is 23.8 Å². The Balaban J connectivity index is 1.89.